The van der Waals surface area contributed by atoms with E-state index >= 15 is 0 Å². The van der Waals surface area contributed by atoms with E-state index in [0.29, 0.717) is 11.6 Å². The van der Waals surface area contributed by atoms with Crippen molar-refractivity contribution in [1.29, 1.82) is 5.26 Å². The van der Waals surface area contributed by atoms with Gasteiger partial charge in [0, 0.05) is 18.8 Å². The van der Waals surface area contributed by atoms with Crippen LogP contribution in [0.5, 0.6) is 0 Å². The van der Waals surface area contributed by atoms with Gasteiger partial charge in [0.25, 0.3) is 0 Å². The first kappa shape index (κ1) is 13.8. The van der Waals surface area contributed by atoms with Gasteiger partial charge in [-0.1, -0.05) is 12.8 Å². The molecular formula is C14H21N5. The molecule has 19 heavy (non-hydrogen) atoms. The maximum Gasteiger partial charge on any atom is 0.224 e. The molecule has 102 valence electrons. The molecule has 5 nitrogen and oxygen atoms in total. The van der Waals surface area contributed by atoms with Gasteiger partial charge in [-0.25, -0.2) is 9.97 Å². The van der Waals surface area contributed by atoms with Crippen molar-refractivity contribution in [3.8, 4) is 6.07 Å². The molecule has 0 radical (unpaired) electrons. The number of nitriles is 1. The molecule has 5 heteroatoms. The Kier molecular flexibility index (Phi) is 5.10. The molecule has 1 N–H and O–H groups in total. The van der Waals surface area contributed by atoms with Gasteiger partial charge in [-0.15, -0.1) is 0 Å². The second-order valence-electron chi connectivity index (χ2n) is 5.01. The van der Waals surface area contributed by atoms with Crippen LogP contribution in [-0.2, 0) is 0 Å². The molecule has 2 rings (SSSR count). The summed E-state index contributed by atoms with van der Waals surface area (Å²) in [5.41, 5.74) is 1.24. The van der Waals surface area contributed by atoms with Crippen LogP contribution in [0, 0.1) is 18.3 Å². The predicted octanol–water partition coefficient (Wildman–Crippen LogP) is 1.94. The molecule has 2 heterocycles. The third kappa shape index (κ3) is 4.49. The monoisotopic (exact) mass is 259 g/mol. The molecule has 1 aliphatic heterocycles. The Morgan fingerprint density at radius 3 is 2.68 bits per heavy atom. The van der Waals surface area contributed by atoms with E-state index in [2.05, 4.69) is 26.3 Å². The van der Waals surface area contributed by atoms with Crippen LogP contribution in [0.4, 0.5) is 5.95 Å². The number of rotatable bonds is 4. The number of aromatic nitrogens is 2. The van der Waals surface area contributed by atoms with Crippen molar-refractivity contribution in [2.45, 2.75) is 32.6 Å². The quantitative estimate of drug-likeness (QED) is 0.895. The fourth-order valence-corrected chi connectivity index (χ4v) is 2.39. The SMILES string of the molecule is Cc1cc(C#N)nc(NCCN2CCCCCC2)n1. The van der Waals surface area contributed by atoms with Crippen LogP contribution in [0.15, 0.2) is 6.07 Å². The summed E-state index contributed by atoms with van der Waals surface area (Å²) in [6.07, 6.45) is 5.33. The zero-order valence-corrected chi connectivity index (χ0v) is 11.5. The number of nitrogens with zero attached hydrogens (tertiary/aromatic N) is 4. The van der Waals surface area contributed by atoms with Gasteiger partial charge in [0.15, 0.2) is 0 Å². The van der Waals surface area contributed by atoms with Crippen molar-refractivity contribution in [2.75, 3.05) is 31.5 Å². The highest BCUT2D eigenvalue weighted by Crippen LogP contribution is 2.09. The Hall–Kier alpha value is -1.67. The van der Waals surface area contributed by atoms with Crippen molar-refractivity contribution in [1.82, 2.24) is 14.9 Å². The number of nitrogens with one attached hydrogen (secondary N) is 1. The highest BCUT2D eigenvalue weighted by Gasteiger charge is 2.08. The fraction of sp³-hybridized carbons (Fsp3) is 0.643. The third-order valence-corrected chi connectivity index (χ3v) is 3.38. The van der Waals surface area contributed by atoms with E-state index < -0.39 is 0 Å². The largest absolute Gasteiger partial charge is 0.353 e. The molecule has 0 aliphatic carbocycles. The molecule has 0 atom stereocenters. The minimum absolute atomic E-state index is 0.421. The molecule has 0 aromatic carbocycles. The van der Waals surface area contributed by atoms with Crippen molar-refractivity contribution < 1.29 is 0 Å². The first-order valence-electron chi connectivity index (χ1n) is 7.00. The van der Waals surface area contributed by atoms with E-state index in [9.17, 15) is 0 Å². The molecule has 1 aliphatic rings. The van der Waals surface area contributed by atoms with Crippen LogP contribution in [0.3, 0.4) is 0 Å². The van der Waals surface area contributed by atoms with Crippen LogP contribution in [0.1, 0.15) is 37.1 Å². The molecule has 0 saturated carbocycles. The summed E-state index contributed by atoms with van der Waals surface area (Å²) in [6.45, 7) is 6.11. The summed E-state index contributed by atoms with van der Waals surface area (Å²) >= 11 is 0. The topological polar surface area (TPSA) is 64.8 Å². The van der Waals surface area contributed by atoms with Gasteiger partial charge < -0.3 is 10.2 Å². The molecule has 1 aromatic rings. The number of hydrogen-bond donors (Lipinski definition) is 1. The normalized spacial score (nSPS) is 16.6. The third-order valence-electron chi connectivity index (χ3n) is 3.38. The summed E-state index contributed by atoms with van der Waals surface area (Å²) < 4.78 is 0. The van der Waals surface area contributed by atoms with E-state index in [1.807, 2.05) is 6.92 Å². The second-order valence-corrected chi connectivity index (χ2v) is 5.01. The zero-order chi connectivity index (χ0) is 13.5. The first-order chi connectivity index (χ1) is 9.28. The molecule has 1 aromatic heterocycles. The van der Waals surface area contributed by atoms with Crippen molar-refractivity contribution in [3.63, 3.8) is 0 Å². The van der Waals surface area contributed by atoms with Crippen molar-refractivity contribution in [2.24, 2.45) is 0 Å². The van der Waals surface area contributed by atoms with Crippen LogP contribution in [-0.4, -0.2) is 41.0 Å². The van der Waals surface area contributed by atoms with Gasteiger partial charge in [-0.3, -0.25) is 0 Å². The van der Waals surface area contributed by atoms with Gasteiger partial charge >= 0.3 is 0 Å². The highest BCUT2D eigenvalue weighted by atomic mass is 15.2. The number of likely N-dealkylation sites (tertiary alicyclic amines) is 1. The van der Waals surface area contributed by atoms with Crippen molar-refractivity contribution in [3.05, 3.63) is 17.5 Å². The summed E-state index contributed by atoms with van der Waals surface area (Å²) in [6, 6.07) is 3.75. The fourth-order valence-electron chi connectivity index (χ4n) is 2.39. The number of anilines is 1. The zero-order valence-electron chi connectivity index (χ0n) is 11.5. The summed E-state index contributed by atoms with van der Waals surface area (Å²) in [4.78, 5) is 10.9. The maximum absolute atomic E-state index is 8.87. The lowest BCUT2D eigenvalue weighted by Crippen LogP contribution is -2.30. The average Bonchev–Trinajstić information content (AvgIpc) is 2.67. The molecule has 1 saturated heterocycles. The van der Waals surface area contributed by atoms with Crippen LogP contribution in [0.25, 0.3) is 0 Å². The van der Waals surface area contributed by atoms with Gasteiger partial charge in [0.2, 0.25) is 5.95 Å². The minimum atomic E-state index is 0.421. The van der Waals surface area contributed by atoms with Gasteiger partial charge in [0.05, 0.1) is 0 Å². The maximum atomic E-state index is 8.87. The minimum Gasteiger partial charge on any atom is -0.353 e. The van der Waals surface area contributed by atoms with E-state index in [0.717, 1.165) is 18.8 Å². The Morgan fingerprint density at radius 2 is 2.00 bits per heavy atom. The lowest BCUT2D eigenvalue weighted by Gasteiger charge is -2.19. The van der Waals surface area contributed by atoms with Gasteiger partial charge in [0.1, 0.15) is 11.8 Å². The predicted molar refractivity (Wildman–Crippen MR) is 74.9 cm³/mol. The molecule has 0 bridgehead atoms. The Morgan fingerprint density at radius 1 is 1.26 bits per heavy atom. The van der Waals surface area contributed by atoms with Crippen LogP contribution < -0.4 is 5.32 Å². The summed E-state index contributed by atoms with van der Waals surface area (Å²) in [5, 5.41) is 12.1. The molecule has 0 amide bonds. The van der Waals surface area contributed by atoms with E-state index in [-0.39, 0.29) is 0 Å². The Balaban J connectivity index is 1.82. The Labute approximate surface area is 114 Å². The second kappa shape index (κ2) is 7.05. The lowest BCUT2D eigenvalue weighted by molar-refractivity contribution is 0.296. The van der Waals surface area contributed by atoms with Crippen LogP contribution >= 0.6 is 0 Å². The van der Waals surface area contributed by atoms with Crippen molar-refractivity contribution >= 4 is 5.95 Å². The standard InChI is InChI=1S/C14H21N5/c1-12-10-13(11-15)18-14(17-12)16-6-9-19-7-4-2-3-5-8-19/h10H,2-9H2,1H3,(H,16,17,18). The number of aryl methyl sites for hydroxylation is 1. The Bertz CT molecular complexity index is 444. The average molecular weight is 259 g/mol. The smallest absolute Gasteiger partial charge is 0.224 e. The first-order valence-corrected chi connectivity index (χ1v) is 7.00. The van der Waals surface area contributed by atoms with E-state index in [1.54, 1.807) is 6.07 Å². The summed E-state index contributed by atoms with van der Waals surface area (Å²) in [5.74, 6) is 0.561. The molecule has 1 fully saturated rings. The molecule has 0 spiro atoms. The van der Waals surface area contributed by atoms with Gasteiger partial charge in [-0.2, -0.15) is 5.26 Å². The van der Waals surface area contributed by atoms with Gasteiger partial charge in [-0.05, 0) is 38.9 Å². The van der Waals surface area contributed by atoms with E-state index in [4.69, 9.17) is 5.26 Å². The number of hydrogen-bond acceptors (Lipinski definition) is 5. The molecule has 0 unspecified atom stereocenters. The summed E-state index contributed by atoms with van der Waals surface area (Å²) in [7, 11) is 0. The van der Waals surface area contributed by atoms with Crippen LogP contribution in [0.2, 0.25) is 0 Å². The lowest BCUT2D eigenvalue weighted by atomic mass is 10.2. The van der Waals surface area contributed by atoms with E-state index in [1.165, 1.54) is 38.8 Å². The molecular weight excluding hydrogens is 238 g/mol. The highest BCUT2D eigenvalue weighted by molar-refractivity contribution is 5.32.